The second kappa shape index (κ2) is 4.06. The summed E-state index contributed by atoms with van der Waals surface area (Å²) in [5.41, 5.74) is -1.06. The van der Waals surface area contributed by atoms with E-state index in [1.165, 1.54) is 6.92 Å². The van der Waals surface area contributed by atoms with Gasteiger partial charge in [-0.3, -0.25) is 0 Å². The van der Waals surface area contributed by atoms with E-state index >= 15 is 0 Å². The van der Waals surface area contributed by atoms with Crippen molar-refractivity contribution in [1.29, 1.82) is 0 Å². The van der Waals surface area contributed by atoms with Gasteiger partial charge in [0.15, 0.2) is 0 Å². The molecule has 0 aromatic rings. The average Bonchev–Trinajstić information content (AvgIpc) is 2.23. The van der Waals surface area contributed by atoms with Gasteiger partial charge in [-0.25, -0.2) is 4.79 Å². The second-order valence-corrected chi connectivity index (χ2v) is 6.96. The summed E-state index contributed by atoms with van der Waals surface area (Å²) in [5.74, 6) is 0.429. The normalized spacial score (nSPS) is 45.0. The maximum absolute atomic E-state index is 12.0. The smallest absolute Gasteiger partial charge is 0.336 e. The highest BCUT2D eigenvalue weighted by atomic mass is 16.6. The van der Waals surface area contributed by atoms with Gasteiger partial charge in [0.2, 0.25) is 0 Å². The van der Waals surface area contributed by atoms with E-state index in [1.807, 2.05) is 0 Å². The molecule has 4 nitrogen and oxygen atoms in total. The van der Waals surface area contributed by atoms with Gasteiger partial charge < -0.3 is 14.9 Å². The van der Waals surface area contributed by atoms with Crippen LogP contribution in [0.4, 0.5) is 0 Å². The monoisotopic (exact) mass is 266 g/mol. The lowest BCUT2D eigenvalue weighted by molar-refractivity contribution is -0.217. The molecule has 0 spiro atoms. The lowest BCUT2D eigenvalue weighted by Gasteiger charge is -2.59. The lowest BCUT2D eigenvalue weighted by Crippen LogP contribution is -2.60. The molecule has 0 amide bonds. The molecule has 2 N–H and O–H groups in total. The van der Waals surface area contributed by atoms with Crippen LogP contribution in [0, 0.1) is 11.8 Å². The van der Waals surface area contributed by atoms with Crippen LogP contribution < -0.4 is 0 Å². The van der Waals surface area contributed by atoms with Crippen molar-refractivity contribution in [2.24, 2.45) is 11.8 Å². The van der Waals surface area contributed by atoms with Crippen molar-refractivity contribution in [2.45, 2.75) is 62.8 Å². The first-order chi connectivity index (χ1) is 8.81. The molecular weight excluding hydrogens is 244 g/mol. The van der Waals surface area contributed by atoms with Gasteiger partial charge in [-0.15, -0.1) is 0 Å². The molecule has 0 aromatic carbocycles. The standard InChI is InChI=1S/C15H22O4/c1-9(10(2)16)13(17)19-15-6-11-3-12(7-15)5-14(18,4-11)8-15/h10-12,16,18H,1,3-8H2,2H3. The number of aliphatic hydroxyl groups is 2. The fourth-order valence-electron chi connectivity index (χ4n) is 4.68. The van der Waals surface area contributed by atoms with Gasteiger partial charge >= 0.3 is 5.97 Å². The minimum atomic E-state index is -0.885. The Morgan fingerprint density at radius 1 is 1.32 bits per heavy atom. The van der Waals surface area contributed by atoms with Gasteiger partial charge in [0.1, 0.15) is 5.60 Å². The van der Waals surface area contributed by atoms with Crippen LogP contribution in [0.5, 0.6) is 0 Å². The number of hydrogen-bond acceptors (Lipinski definition) is 4. The van der Waals surface area contributed by atoms with E-state index in [4.69, 9.17) is 4.74 Å². The summed E-state index contributed by atoms with van der Waals surface area (Å²) in [7, 11) is 0. The zero-order valence-electron chi connectivity index (χ0n) is 11.4. The number of carbonyl (C=O) groups excluding carboxylic acids is 1. The summed E-state index contributed by atoms with van der Waals surface area (Å²) < 4.78 is 5.68. The van der Waals surface area contributed by atoms with Crippen LogP contribution in [0.1, 0.15) is 45.4 Å². The fraction of sp³-hybridized carbons (Fsp3) is 0.800. The average molecular weight is 266 g/mol. The predicted molar refractivity (Wildman–Crippen MR) is 69.3 cm³/mol. The molecule has 0 aromatic heterocycles. The number of rotatable bonds is 3. The highest BCUT2D eigenvalue weighted by Crippen LogP contribution is 2.58. The molecule has 0 saturated heterocycles. The van der Waals surface area contributed by atoms with Crippen molar-refractivity contribution in [3.05, 3.63) is 12.2 Å². The van der Waals surface area contributed by atoms with Crippen LogP contribution in [0.2, 0.25) is 0 Å². The molecule has 4 bridgehead atoms. The van der Waals surface area contributed by atoms with E-state index in [0.29, 0.717) is 18.3 Å². The summed E-state index contributed by atoms with van der Waals surface area (Å²) in [6, 6.07) is 0. The van der Waals surface area contributed by atoms with Crippen LogP contribution in [0.25, 0.3) is 0 Å². The second-order valence-electron chi connectivity index (χ2n) is 6.96. The number of carbonyl (C=O) groups is 1. The van der Waals surface area contributed by atoms with Gasteiger partial charge in [-0.05, 0) is 50.9 Å². The summed E-state index contributed by atoms with van der Waals surface area (Å²) >= 11 is 0. The first-order valence-corrected chi connectivity index (χ1v) is 7.13. The molecule has 4 saturated carbocycles. The van der Waals surface area contributed by atoms with Crippen molar-refractivity contribution in [2.75, 3.05) is 0 Å². The molecule has 0 radical (unpaired) electrons. The van der Waals surface area contributed by atoms with Crippen molar-refractivity contribution < 1.29 is 19.7 Å². The molecule has 3 atom stereocenters. The van der Waals surface area contributed by atoms with E-state index in [0.717, 1.165) is 32.1 Å². The summed E-state index contributed by atoms with van der Waals surface area (Å²) in [4.78, 5) is 12.0. The van der Waals surface area contributed by atoms with Crippen LogP contribution in [-0.2, 0) is 9.53 Å². The largest absolute Gasteiger partial charge is 0.456 e. The predicted octanol–water partition coefficient (Wildman–Crippen LogP) is 1.55. The van der Waals surface area contributed by atoms with E-state index in [2.05, 4.69) is 6.58 Å². The molecule has 0 heterocycles. The zero-order chi connectivity index (χ0) is 13.8. The van der Waals surface area contributed by atoms with E-state index < -0.39 is 23.3 Å². The maximum atomic E-state index is 12.0. The Morgan fingerprint density at radius 3 is 2.37 bits per heavy atom. The summed E-state index contributed by atoms with van der Waals surface area (Å²) in [5, 5.41) is 20.0. The molecule has 4 rings (SSSR count). The van der Waals surface area contributed by atoms with Crippen molar-refractivity contribution in [3.8, 4) is 0 Å². The third kappa shape index (κ3) is 2.21. The molecule has 106 valence electrons. The van der Waals surface area contributed by atoms with Crippen molar-refractivity contribution in [1.82, 2.24) is 0 Å². The molecule has 4 aliphatic rings. The Labute approximate surface area is 113 Å². The van der Waals surface area contributed by atoms with Gasteiger partial charge in [-0.1, -0.05) is 6.58 Å². The Hall–Kier alpha value is -0.870. The number of esters is 1. The highest BCUT2D eigenvalue weighted by Gasteiger charge is 2.59. The van der Waals surface area contributed by atoms with Crippen LogP contribution >= 0.6 is 0 Å². The number of aliphatic hydroxyl groups excluding tert-OH is 1. The summed E-state index contributed by atoms with van der Waals surface area (Å²) in [6.07, 6.45) is 4.21. The van der Waals surface area contributed by atoms with Gasteiger partial charge in [-0.2, -0.15) is 0 Å². The Bertz CT molecular complexity index is 412. The Kier molecular flexibility index (Phi) is 2.81. The number of ether oxygens (including phenoxy) is 1. The third-order valence-electron chi connectivity index (χ3n) is 5.05. The van der Waals surface area contributed by atoms with Gasteiger partial charge in [0.25, 0.3) is 0 Å². The first-order valence-electron chi connectivity index (χ1n) is 7.13. The number of hydrogen-bond donors (Lipinski definition) is 2. The van der Waals surface area contributed by atoms with E-state index in [1.54, 1.807) is 0 Å². The minimum absolute atomic E-state index is 0.0998. The quantitative estimate of drug-likeness (QED) is 0.601. The minimum Gasteiger partial charge on any atom is -0.456 e. The van der Waals surface area contributed by atoms with Crippen molar-refractivity contribution in [3.63, 3.8) is 0 Å². The van der Waals surface area contributed by atoms with E-state index in [9.17, 15) is 15.0 Å². The highest BCUT2D eigenvalue weighted by molar-refractivity contribution is 5.89. The first kappa shape index (κ1) is 13.1. The SMILES string of the molecule is C=C(C(=O)OC12CC3CC(CC(O)(C3)C1)C2)C(C)O. The third-order valence-corrected chi connectivity index (χ3v) is 5.05. The van der Waals surface area contributed by atoms with E-state index in [-0.39, 0.29) is 5.57 Å². The zero-order valence-corrected chi connectivity index (χ0v) is 11.4. The maximum Gasteiger partial charge on any atom is 0.336 e. The Balaban J connectivity index is 1.77. The lowest BCUT2D eigenvalue weighted by atomic mass is 9.52. The molecule has 4 fully saturated rings. The van der Waals surface area contributed by atoms with Crippen LogP contribution in [-0.4, -0.2) is 33.5 Å². The van der Waals surface area contributed by atoms with Crippen molar-refractivity contribution >= 4 is 5.97 Å². The Morgan fingerprint density at radius 2 is 1.89 bits per heavy atom. The van der Waals surface area contributed by atoms with Crippen LogP contribution in [0.15, 0.2) is 12.2 Å². The topological polar surface area (TPSA) is 66.8 Å². The van der Waals surface area contributed by atoms with Gasteiger partial charge in [0.05, 0.1) is 17.3 Å². The van der Waals surface area contributed by atoms with Gasteiger partial charge in [0, 0.05) is 6.42 Å². The molecule has 4 aliphatic carbocycles. The molecule has 0 aliphatic heterocycles. The summed E-state index contributed by atoms with van der Waals surface area (Å²) in [6.45, 7) is 5.09. The molecular formula is C15H22O4. The molecule has 19 heavy (non-hydrogen) atoms. The molecule has 4 heteroatoms. The molecule has 3 unspecified atom stereocenters. The van der Waals surface area contributed by atoms with Crippen LogP contribution in [0.3, 0.4) is 0 Å². The fourth-order valence-corrected chi connectivity index (χ4v) is 4.68.